The molecule has 0 spiro atoms. The van der Waals surface area contributed by atoms with Crippen molar-refractivity contribution in [1.29, 1.82) is 0 Å². The minimum Gasteiger partial charge on any atom is -0.391 e. The number of hydrogen-bond donors (Lipinski definition) is 2. The molecule has 4 atom stereocenters. The summed E-state index contributed by atoms with van der Waals surface area (Å²) in [6.07, 6.45) is 4.32. The zero-order valence-corrected chi connectivity index (χ0v) is 13.2. The van der Waals surface area contributed by atoms with Crippen LogP contribution in [-0.2, 0) is 4.74 Å². The molecular formula is C16H25NO3S. The van der Waals surface area contributed by atoms with Crippen LogP contribution in [0.2, 0.25) is 0 Å². The zero-order valence-electron chi connectivity index (χ0n) is 12.4. The predicted octanol–water partition coefficient (Wildman–Crippen LogP) is 2.18. The first-order valence-corrected chi connectivity index (χ1v) is 8.86. The summed E-state index contributed by atoms with van der Waals surface area (Å²) < 4.78 is 5.63. The molecule has 1 saturated carbocycles. The monoisotopic (exact) mass is 311 g/mol. The maximum atomic E-state index is 10.4. The van der Waals surface area contributed by atoms with Crippen molar-refractivity contribution in [2.75, 3.05) is 19.8 Å². The molecule has 5 heteroatoms. The molecule has 2 heterocycles. The largest absolute Gasteiger partial charge is 0.391 e. The van der Waals surface area contributed by atoms with E-state index in [0.29, 0.717) is 13.0 Å². The van der Waals surface area contributed by atoms with Gasteiger partial charge in [0.15, 0.2) is 0 Å². The first-order chi connectivity index (χ1) is 10.3. The summed E-state index contributed by atoms with van der Waals surface area (Å²) in [6.45, 7) is 2.25. The topological polar surface area (TPSA) is 52.9 Å². The highest BCUT2D eigenvalue weighted by Crippen LogP contribution is 2.30. The number of aliphatic hydroxyl groups is 2. The van der Waals surface area contributed by atoms with Crippen LogP contribution >= 0.6 is 11.3 Å². The summed E-state index contributed by atoms with van der Waals surface area (Å²) in [6, 6.07) is 4.40. The Balaban J connectivity index is 1.66. The Labute approximate surface area is 130 Å². The van der Waals surface area contributed by atoms with Gasteiger partial charge in [0.2, 0.25) is 0 Å². The summed E-state index contributed by atoms with van der Waals surface area (Å²) in [4.78, 5) is 3.41. The molecule has 1 aromatic rings. The van der Waals surface area contributed by atoms with Crippen LogP contribution in [0.15, 0.2) is 17.5 Å². The first-order valence-electron chi connectivity index (χ1n) is 7.98. The molecular weight excluding hydrogens is 286 g/mol. The minimum atomic E-state index is -0.431. The van der Waals surface area contributed by atoms with Crippen molar-refractivity contribution in [2.24, 2.45) is 0 Å². The maximum absolute atomic E-state index is 10.4. The number of nitrogens with zero attached hydrogens (tertiary/aromatic N) is 1. The summed E-state index contributed by atoms with van der Waals surface area (Å²) in [7, 11) is 0. The van der Waals surface area contributed by atoms with Gasteiger partial charge in [-0.15, -0.1) is 11.3 Å². The number of rotatable bonds is 4. The fourth-order valence-electron chi connectivity index (χ4n) is 3.64. The van der Waals surface area contributed by atoms with Crippen LogP contribution in [0.5, 0.6) is 0 Å². The van der Waals surface area contributed by atoms with Crippen LogP contribution in [0.1, 0.15) is 43.1 Å². The Morgan fingerprint density at radius 2 is 2.24 bits per heavy atom. The number of morpholine rings is 1. The van der Waals surface area contributed by atoms with Crippen molar-refractivity contribution in [2.45, 2.75) is 56.4 Å². The summed E-state index contributed by atoms with van der Waals surface area (Å²) >= 11 is 1.60. The van der Waals surface area contributed by atoms with Crippen molar-refractivity contribution in [3.05, 3.63) is 22.4 Å². The molecule has 2 aliphatic rings. The molecule has 118 valence electrons. The number of hydrogen-bond acceptors (Lipinski definition) is 5. The Bertz CT molecular complexity index is 425. The summed E-state index contributed by atoms with van der Waals surface area (Å²) in [5.41, 5.74) is 0. The highest BCUT2D eigenvalue weighted by Gasteiger charge is 2.35. The van der Waals surface area contributed by atoms with E-state index in [-0.39, 0.29) is 18.2 Å². The maximum Gasteiger partial charge on any atom is 0.0897 e. The van der Waals surface area contributed by atoms with E-state index in [4.69, 9.17) is 4.74 Å². The molecule has 2 N–H and O–H groups in total. The fourth-order valence-corrected chi connectivity index (χ4v) is 4.37. The highest BCUT2D eigenvalue weighted by molar-refractivity contribution is 7.10. The quantitative estimate of drug-likeness (QED) is 0.895. The Hall–Kier alpha value is -0.460. The van der Waals surface area contributed by atoms with Gasteiger partial charge in [-0.1, -0.05) is 18.9 Å². The first kappa shape index (κ1) is 15.4. The Morgan fingerprint density at radius 3 is 3.00 bits per heavy atom. The van der Waals surface area contributed by atoms with Crippen LogP contribution in [0.25, 0.3) is 0 Å². The molecule has 1 aliphatic heterocycles. The van der Waals surface area contributed by atoms with E-state index in [1.165, 1.54) is 6.42 Å². The van der Waals surface area contributed by atoms with E-state index in [1.54, 1.807) is 11.3 Å². The second-order valence-electron chi connectivity index (χ2n) is 6.15. The van der Waals surface area contributed by atoms with Gasteiger partial charge >= 0.3 is 0 Å². The molecule has 0 radical (unpaired) electrons. The van der Waals surface area contributed by atoms with Crippen LogP contribution in [0, 0.1) is 0 Å². The summed E-state index contributed by atoms with van der Waals surface area (Å²) in [5.74, 6) is 0. The fraction of sp³-hybridized carbons (Fsp3) is 0.750. The van der Waals surface area contributed by atoms with E-state index in [9.17, 15) is 10.2 Å². The molecule has 0 amide bonds. The Kier molecular flexibility index (Phi) is 5.29. The van der Waals surface area contributed by atoms with Crippen molar-refractivity contribution in [3.63, 3.8) is 0 Å². The Morgan fingerprint density at radius 1 is 1.38 bits per heavy atom. The molecule has 1 aromatic heterocycles. The van der Waals surface area contributed by atoms with Crippen molar-refractivity contribution in [1.82, 2.24) is 4.90 Å². The average Bonchev–Trinajstić information content (AvgIpc) is 3.03. The normalized spacial score (nSPS) is 33.0. The second kappa shape index (κ2) is 7.20. The van der Waals surface area contributed by atoms with Gasteiger partial charge in [0.25, 0.3) is 0 Å². The third-order valence-electron chi connectivity index (χ3n) is 4.76. The van der Waals surface area contributed by atoms with Crippen LogP contribution in [-0.4, -0.2) is 53.1 Å². The SMILES string of the molecule is OC(CC1COCCN1C1CCCCC1O)c1cccs1. The highest BCUT2D eigenvalue weighted by atomic mass is 32.1. The lowest BCUT2D eigenvalue weighted by molar-refractivity contribution is -0.0808. The molecule has 21 heavy (non-hydrogen) atoms. The smallest absolute Gasteiger partial charge is 0.0897 e. The van der Waals surface area contributed by atoms with Gasteiger partial charge in [-0.05, 0) is 30.7 Å². The molecule has 1 saturated heterocycles. The van der Waals surface area contributed by atoms with Crippen LogP contribution in [0.3, 0.4) is 0 Å². The van der Waals surface area contributed by atoms with Crippen LogP contribution < -0.4 is 0 Å². The average molecular weight is 311 g/mol. The molecule has 1 aliphatic carbocycles. The standard InChI is InChI=1S/C16H25NO3S/c18-14-5-2-1-4-13(14)17-7-8-20-11-12(17)10-15(19)16-6-3-9-21-16/h3,6,9,12-15,18-19H,1-2,4-5,7-8,10-11H2. The van der Waals surface area contributed by atoms with Crippen molar-refractivity contribution >= 4 is 11.3 Å². The van der Waals surface area contributed by atoms with Crippen molar-refractivity contribution in [3.8, 4) is 0 Å². The van der Waals surface area contributed by atoms with Crippen LogP contribution in [0.4, 0.5) is 0 Å². The van der Waals surface area contributed by atoms with Gasteiger partial charge in [0.05, 0.1) is 25.4 Å². The number of thiophene rings is 1. The third kappa shape index (κ3) is 3.66. The molecule has 4 unspecified atom stereocenters. The minimum absolute atomic E-state index is 0.202. The lowest BCUT2D eigenvalue weighted by Crippen LogP contribution is -2.55. The number of ether oxygens (including phenoxy) is 1. The van der Waals surface area contributed by atoms with Gasteiger partial charge in [-0.2, -0.15) is 0 Å². The van der Waals surface area contributed by atoms with E-state index < -0.39 is 6.10 Å². The van der Waals surface area contributed by atoms with E-state index in [2.05, 4.69) is 4.90 Å². The molecule has 2 fully saturated rings. The molecule has 3 rings (SSSR count). The molecule has 4 nitrogen and oxygen atoms in total. The second-order valence-corrected chi connectivity index (χ2v) is 7.13. The van der Waals surface area contributed by atoms with E-state index >= 15 is 0 Å². The number of aliphatic hydroxyl groups excluding tert-OH is 2. The van der Waals surface area contributed by atoms with E-state index in [1.807, 2.05) is 17.5 Å². The predicted molar refractivity (Wildman–Crippen MR) is 83.5 cm³/mol. The third-order valence-corrected chi connectivity index (χ3v) is 5.73. The zero-order chi connectivity index (χ0) is 14.7. The van der Waals surface area contributed by atoms with Gasteiger partial charge < -0.3 is 14.9 Å². The lowest BCUT2D eigenvalue weighted by Gasteiger charge is -2.45. The van der Waals surface area contributed by atoms with Gasteiger partial charge in [0.1, 0.15) is 0 Å². The van der Waals surface area contributed by atoms with Crippen molar-refractivity contribution < 1.29 is 14.9 Å². The molecule has 0 aromatic carbocycles. The van der Waals surface area contributed by atoms with Gasteiger partial charge in [0, 0.05) is 23.5 Å². The summed E-state index contributed by atoms with van der Waals surface area (Å²) in [5, 5.41) is 22.7. The van der Waals surface area contributed by atoms with Gasteiger partial charge in [-0.3, -0.25) is 4.90 Å². The van der Waals surface area contributed by atoms with Gasteiger partial charge in [-0.25, -0.2) is 0 Å². The van der Waals surface area contributed by atoms with E-state index in [0.717, 1.165) is 37.3 Å². The lowest BCUT2D eigenvalue weighted by atomic mass is 9.89. The molecule has 0 bridgehead atoms.